The van der Waals surface area contributed by atoms with E-state index in [1.807, 2.05) is 0 Å². The third kappa shape index (κ3) is 1.41. The third-order valence-corrected chi connectivity index (χ3v) is 3.57. The fourth-order valence-electron chi connectivity index (χ4n) is 1.38. The molecule has 1 aromatic rings. The molecule has 0 fully saturated rings. The predicted molar refractivity (Wildman–Crippen MR) is 54.3 cm³/mol. The van der Waals surface area contributed by atoms with Gasteiger partial charge in [0.25, 0.3) is 5.69 Å². The Bertz CT molecular complexity index is 422. The minimum Gasteiger partial charge on any atom is -0.372 e. The van der Waals surface area contributed by atoms with Crippen LogP contribution in [0.2, 0.25) is 5.02 Å². The Morgan fingerprint density at radius 3 is 2.93 bits per heavy atom. The quantitative estimate of drug-likeness (QED) is 0.586. The standard InChI is InChI=1S/C8H5BrClNO3/c9-7-5-3-14-2-4(5)1-6(8(7)10)11(12)13/h1H,2-3H2. The largest absolute Gasteiger partial charge is 0.372 e. The van der Waals surface area contributed by atoms with Gasteiger partial charge in [-0.1, -0.05) is 11.6 Å². The Labute approximate surface area is 93.1 Å². The Hall–Kier alpha value is -0.650. The van der Waals surface area contributed by atoms with Crippen LogP contribution in [0, 0.1) is 10.1 Å². The van der Waals surface area contributed by atoms with Crippen LogP contribution in [0.1, 0.15) is 11.1 Å². The average Bonchev–Trinajstić information content (AvgIpc) is 2.58. The minimum absolute atomic E-state index is 0.0807. The topological polar surface area (TPSA) is 52.4 Å². The van der Waals surface area contributed by atoms with Crippen LogP contribution in [0.4, 0.5) is 5.69 Å². The number of nitrogens with zero attached hydrogens (tertiary/aromatic N) is 1. The van der Waals surface area contributed by atoms with Crippen molar-refractivity contribution in [2.45, 2.75) is 13.2 Å². The predicted octanol–water partition coefficient (Wildman–Crippen LogP) is 3.04. The number of hydrogen-bond acceptors (Lipinski definition) is 3. The summed E-state index contributed by atoms with van der Waals surface area (Å²) in [6.07, 6.45) is 0. The highest BCUT2D eigenvalue weighted by Crippen LogP contribution is 2.39. The van der Waals surface area contributed by atoms with Gasteiger partial charge in [-0.05, 0) is 27.1 Å². The van der Waals surface area contributed by atoms with E-state index in [1.54, 1.807) is 0 Å². The monoisotopic (exact) mass is 277 g/mol. The van der Waals surface area contributed by atoms with Gasteiger partial charge in [-0.3, -0.25) is 10.1 Å². The third-order valence-electron chi connectivity index (χ3n) is 2.08. The lowest BCUT2D eigenvalue weighted by molar-refractivity contribution is -0.384. The van der Waals surface area contributed by atoms with Crippen molar-refractivity contribution in [2.75, 3.05) is 0 Å². The van der Waals surface area contributed by atoms with Crippen molar-refractivity contribution in [3.8, 4) is 0 Å². The lowest BCUT2D eigenvalue weighted by Crippen LogP contribution is -1.94. The van der Waals surface area contributed by atoms with Crippen LogP contribution >= 0.6 is 27.5 Å². The van der Waals surface area contributed by atoms with Crippen molar-refractivity contribution in [3.05, 3.63) is 36.8 Å². The van der Waals surface area contributed by atoms with E-state index in [2.05, 4.69) is 15.9 Å². The molecule has 0 aromatic heterocycles. The smallest absolute Gasteiger partial charge is 0.289 e. The van der Waals surface area contributed by atoms with Gasteiger partial charge in [-0.2, -0.15) is 0 Å². The van der Waals surface area contributed by atoms with Gasteiger partial charge in [-0.25, -0.2) is 0 Å². The number of nitro groups is 1. The molecule has 1 heterocycles. The Balaban J connectivity index is 2.67. The van der Waals surface area contributed by atoms with E-state index in [0.29, 0.717) is 17.7 Å². The second-order valence-electron chi connectivity index (χ2n) is 2.91. The highest BCUT2D eigenvalue weighted by Gasteiger charge is 2.24. The zero-order valence-electron chi connectivity index (χ0n) is 6.92. The molecule has 0 N–H and O–H groups in total. The van der Waals surface area contributed by atoms with Crippen LogP contribution in [-0.2, 0) is 18.0 Å². The number of halogens is 2. The summed E-state index contributed by atoms with van der Waals surface area (Å²) < 4.78 is 5.74. The molecule has 0 radical (unpaired) electrons. The Kier molecular flexibility index (Phi) is 2.47. The molecule has 74 valence electrons. The van der Waals surface area contributed by atoms with E-state index >= 15 is 0 Å². The first-order valence-electron chi connectivity index (χ1n) is 3.83. The van der Waals surface area contributed by atoms with Crippen LogP contribution in [0.5, 0.6) is 0 Å². The SMILES string of the molecule is O=[N+]([O-])c1cc2c(c(Br)c1Cl)COC2. The molecule has 0 spiro atoms. The molecule has 2 rings (SSSR count). The van der Waals surface area contributed by atoms with Gasteiger partial charge in [0.05, 0.1) is 18.1 Å². The van der Waals surface area contributed by atoms with Gasteiger partial charge >= 0.3 is 0 Å². The first-order chi connectivity index (χ1) is 6.61. The molecular weight excluding hydrogens is 273 g/mol. The highest BCUT2D eigenvalue weighted by atomic mass is 79.9. The van der Waals surface area contributed by atoms with Crippen molar-refractivity contribution in [3.63, 3.8) is 0 Å². The molecule has 1 aliphatic heterocycles. The molecule has 1 aromatic carbocycles. The van der Waals surface area contributed by atoms with Crippen molar-refractivity contribution >= 4 is 33.2 Å². The molecule has 0 atom stereocenters. The van der Waals surface area contributed by atoms with Gasteiger partial charge in [-0.15, -0.1) is 0 Å². The van der Waals surface area contributed by atoms with Crippen LogP contribution in [0.25, 0.3) is 0 Å². The van der Waals surface area contributed by atoms with E-state index in [-0.39, 0.29) is 10.7 Å². The summed E-state index contributed by atoms with van der Waals surface area (Å²) in [7, 11) is 0. The summed E-state index contributed by atoms with van der Waals surface area (Å²) in [4.78, 5) is 10.1. The number of rotatable bonds is 1. The van der Waals surface area contributed by atoms with Crippen LogP contribution in [-0.4, -0.2) is 4.92 Å². The zero-order chi connectivity index (χ0) is 10.3. The van der Waals surface area contributed by atoms with E-state index in [4.69, 9.17) is 16.3 Å². The summed E-state index contributed by atoms with van der Waals surface area (Å²) in [6, 6.07) is 1.47. The highest BCUT2D eigenvalue weighted by molar-refractivity contribution is 9.10. The first kappa shape index (κ1) is 9.89. The lowest BCUT2D eigenvalue weighted by Gasteiger charge is -2.03. The van der Waals surface area contributed by atoms with Crippen LogP contribution < -0.4 is 0 Å². The van der Waals surface area contributed by atoms with Crippen molar-refractivity contribution < 1.29 is 9.66 Å². The summed E-state index contributed by atoms with van der Waals surface area (Å²) in [6.45, 7) is 0.861. The molecule has 0 saturated heterocycles. The fourth-order valence-corrected chi connectivity index (χ4v) is 2.19. The van der Waals surface area contributed by atoms with Crippen LogP contribution in [0.15, 0.2) is 10.5 Å². The van der Waals surface area contributed by atoms with Gasteiger partial charge in [0.15, 0.2) is 0 Å². The summed E-state index contributed by atoms with van der Waals surface area (Å²) in [5.74, 6) is 0. The first-order valence-corrected chi connectivity index (χ1v) is 5.00. The number of ether oxygens (including phenoxy) is 1. The number of hydrogen-bond donors (Lipinski definition) is 0. The van der Waals surface area contributed by atoms with Gasteiger partial charge in [0.2, 0.25) is 0 Å². The van der Waals surface area contributed by atoms with Gasteiger partial charge in [0.1, 0.15) is 5.02 Å². The summed E-state index contributed by atoms with van der Waals surface area (Å²) in [5.41, 5.74) is 1.65. The molecule has 0 unspecified atom stereocenters. The maximum atomic E-state index is 10.6. The normalized spacial score (nSPS) is 14.1. The maximum absolute atomic E-state index is 10.6. The minimum atomic E-state index is -0.494. The Morgan fingerprint density at radius 2 is 2.29 bits per heavy atom. The number of nitro benzene ring substituents is 1. The van der Waals surface area contributed by atoms with E-state index in [1.165, 1.54) is 6.07 Å². The van der Waals surface area contributed by atoms with Crippen LogP contribution in [0.3, 0.4) is 0 Å². The van der Waals surface area contributed by atoms with Gasteiger partial charge < -0.3 is 4.74 Å². The van der Waals surface area contributed by atoms with Crippen molar-refractivity contribution in [2.24, 2.45) is 0 Å². The van der Waals surface area contributed by atoms with Crippen molar-refractivity contribution in [1.82, 2.24) is 0 Å². The molecule has 0 bridgehead atoms. The molecule has 4 nitrogen and oxygen atoms in total. The Morgan fingerprint density at radius 1 is 1.57 bits per heavy atom. The molecule has 1 aliphatic rings. The van der Waals surface area contributed by atoms with Gasteiger partial charge in [0, 0.05) is 10.5 Å². The van der Waals surface area contributed by atoms with Crippen molar-refractivity contribution in [1.29, 1.82) is 0 Å². The molecule has 0 saturated carbocycles. The number of benzene rings is 1. The van der Waals surface area contributed by atoms with E-state index < -0.39 is 4.92 Å². The molecule has 0 aliphatic carbocycles. The lowest BCUT2D eigenvalue weighted by atomic mass is 10.1. The fraction of sp³-hybridized carbons (Fsp3) is 0.250. The second kappa shape index (κ2) is 3.49. The average molecular weight is 278 g/mol. The van der Waals surface area contributed by atoms with E-state index in [9.17, 15) is 10.1 Å². The molecule has 6 heteroatoms. The molecular formula is C8H5BrClNO3. The maximum Gasteiger partial charge on any atom is 0.289 e. The summed E-state index contributed by atoms with van der Waals surface area (Å²) >= 11 is 9.06. The molecule has 0 amide bonds. The summed E-state index contributed by atoms with van der Waals surface area (Å²) in [5, 5.41) is 10.8. The zero-order valence-corrected chi connectivity index (χ0v) is 9.26. The second-order valence-corrected chi connectivity index (χ2v) is 4.08. The number of fused-ring (bicyclic) bond motifs is 1. The van der Waals surface area contributed by atoms with E-state index in [0.717, 1.165) is 11.1 Å². The molecule has 14 heavy (non-hydrogen) atoms.